The molecule has 1 heterocycles. The van der Waals surface area contributed by atoms with Crippen molar-refractivity contribution in [2.45, 2.75) is 38.6 Å². The molecule has 1 N–H and O–H groups in total. The van der Waals surface area contributed by atoms with E-state index in [-0.39, 0.29) is 0 Å². The number of rotatable bonds is 6. The first-order chi connectivity index (χ1) is 9.86. The summed E-state index contributed by atoms with van der Waals surface area (Å²) in [6, 6.07) is 11.5. The minimum absolute atomic E-state index is 0.542. The second-order valence-corrected chi connectivity index (χ2v) is 5.83. The van der Waals surface area contributed by atoms with Crippen LogP contribution in [0, 0.1) is 5.92 Å². The van der Waals surface area contributed by atoms with Gasteiger partial charge in [0.05, 0.1) is 12.5 Å². The first-order valence-corrected chi connectivity index (χ1v) is 7.68. The van der Waals surface area contributed by atoms with E-state index in [0.717, 1.165) is 13.0 Å². The Labute approximate surface area is 121 Å². The molecule has 1 aliphatic rings. The third kappa shape index (κ3) is 2.96. The molecular formula is C18H23NO. The van der Waals surface area contributed by atoms with Crippen molar-refractivity contribution >= 4 is 0 Å². The Kier molecular flexibility index (Phi) is 4.22. The Bertz CT molecular complexity index is 507. The molecule has 0 saturated carbocycles. The van der Waals surface area contributed by atoms with Crippen LogP contribution in [0.3, 0.4) is 0 Å². The van der Waals surface area contributed by atoms with Crippen LogP contribution in [0.25, 0.3) is 0 Å². The minimum atomic E-state index is 0.542. The van der Waals surface area contributed by atoms with Crippen molar-refractivity contribution in [3.05, 3.63) is 59.5 Å². The zero-order chi connectivity index (χ0) is 13.8. The fraction of sp³-hybridized carbons (Fsp3) is 0.444. The summed E-state index contributed by atoms with van der Waals surface area (Å²) >= 11 is 0. The summed E-state index contributed by atoms with van der Waals surface area (Å²) in [6.07, 6.45) is 8.31. The van der Waals surface area contributed by atoms with Crippen LogP contribution in [0.4, 0.5) is 0 Å². The van der Waals surface area contributed by atoms with Gasteiger partial charge in [-0.25, -0.2) is 0 Å². The predicted molar refractivity (Wildman–Crippen MR) is 81.8 cm³/mol. The number of fused-ring (bicyclic) bond motifs is 1. The maximum Gasteiger partial charge on any atom is 0.0935 e. The highest BCUT2D eigenvalue weighted by atomic mass is 16.3. The summed E-state index contributed by atoms with van der Waals surface area (Å²) in [4.78, 5) is 0. The van der Waals surface area contributed by atoms with Crippen LogP contribution >= 0.6 is 0 Å². The van der Waals surface area contributed by atoms with Gasteiger partial charge in [-0.05, 0) is 60.9 Å². The predicted octanol–water partition coefficient (Wildman–Crippen LogP) is 3.61. The van der Waals surface area contributed by atoms with E-state index in [0.29, 0.717) is 12.0 Å². The topological polar surface area (TPSA) is 25.2 Å². The summed E-state index contributed by atoms with van der Waals surface area (Å²) in [5.41, 5.74) is 4.37. The van der Waals surface area contributed by atoms with E-state index < -0.39 is 0 Å². The maximum absolute atomic E-state index is 5.22. The largest absolute Gasteiger partial charge is 0.472 e. The van der Waals surface area contributed by atoms with Gasteiger partial charge >= 0.3 is 0 Å². The lowest BCUT2D eigenvalue weighted by Gasteiger charge is -2.24. The van der Waals surface area contributed by atoms with Crippen molar-refractivity contribution in [1.29, 1.82) is 0 Å². The minimum Gasteiger partial charge on any atom is -0.472 e. The third-order valence-electron chi connectivity index (χ3n) is 4.34. The molecule has 0 amide bonds. The molecule has 1 aromatic carbocycles. The van der Waals surface area contributed by atoms with Gasteiger partial charge in [0, 0.05) is 6.04 Å². The molecule has 0 radical (unpaired) electrons. The lowest BCUT2D eigenvalue weighted by atomic mass is 9.91. The SMILES string of the molecule is CCCNC(Cc1ccoc1)C1Cc2ccccc2C1. The lowest BCUT2D eigenvalue weighted by molar-refractivity contribution is 0.361. The van der Waals surface area contributed by atoms with E-state index in [9.17, 15) is 0 Å². The van der Waals surface area contributed by atoms with Crippen LogP contribution in [0.5, 0.6) is 0 Å². The highest BCUT2D eigenvalue weighted by Crippen LogP contribution is 2.30. The molecular weight excluding hydrogens is 246 g/mol. The van der Waals surface area contributed by atoms with Crippen molar-refractivity contribution in [3.63, 3.8) is 0 Å². The molecule has 0 spiro atoms. The number of hydrogen-bond donors (Lipinski definition) is 1. The van der Waals surface area contributed by atoms with E-state index in [1.165, 1.54) is 36.0 Å². The number of benzene rings is 1. The molecule has 106 valence electrons. The zero-order valence-corrected chi connectivity index (χ0v) is 12.1. The van der Waals surface area contributed by atoms with E-state index in [2.05, 4.69) is 42.6 Å². The molecule has 1 atom stereocenters. The second kappa shape index (κ2) is 6.27. The Morgan fingerprint density at radius 2 is 1.95 bits per heavy atom. The van der Waals surface area contributed by atoms with Gasteiger partial charge in [-0.3, -0.25) is 0 Å². The smallest absolute Gasteiger partial charge is 0.0935 e. The fourth-order valence-electron chi connectivity index (χ4n) is 3.28. The first-order valence-electron chi connectivity index (χ1n) is 7.68. The van der Waals surface area contributed by atoms with Crippen molar-refractivity contribution in [2.75, 3.05) is 6.54 Å². The van der Waals surface area contributed by atoms with E-state index >= 15 is 0 Å². The summed E-state index contributed by atoms with van der Waals surface area (Å²) in [5, 5.41) is 3.74. The summed E-state index contributed by atoms with van der Waals surface area (Å²) in [7, 11) is 0. The Hall–Kier alpha value is -1.54. The quantitative estimate of drug-likeness (QED) is 0.866. The Morgan fingerprint density at radius 1 is 1.20 bits per heavy atom. The van der Waals surface area contributed by atoms with Crippen LogP contribution in [-0.4, -0.2) is 12.6 Å². The van der Waals surface area contributed by atoms with Crippen LogP contribution in [0.15, 0.2) is 47.3 Å². The van der Waals surface area contributed by atoms with Crippen LogP contribution in [0.1, 0.15) is 30.0 Å². The summed E-state index contributed by atoms with van der Waals surface area (Å²) < 4.78 is 5.22. The standard InChI is InChI=1S/C18H23NO/c1-2-8-19-18(10-14-7-9-20-13-14)17-11-15-5-3-4-6-16(15)12-17/h3-7,9,13,17-19H,2,8,10-12H2,1H3. The van der Waals surface area contributed by atoms with Gasteiger partial charge in [0.25, 0.3) is 0 Å². The average molecular weight is 269 g/mol. The normalized spacial score (nSPS) is 16.2. The van der Waals surface area contributed by atoms with Gasteiger partial charge in [0.15, 0.2) is 0 Å². The average Bonchev–Trinajstić information content (AvgIpc) is 3.12. The van der Waals surface area contributed by atoms with Gasteiger partial charge in [0.1, 0.15) is 0 Å². The van der Waals surface area contributed by atoms with Crippen LogP contribution < -0.4 is 5.32 Å². The number of nitrogens with one attached hydrogen (secondary N) is 1. The summed E-state index contributed by atoms with van der Waals surface area (Å²) in [5.74, 6) is 0.703. The molecule has 2 nitrogen and oxygen atoms in total. The van der Waals surface area contributed by atoms with Crippen LogP contribution in [-0.2, 0) is 19.3 Å². The zero-order valence-electron chi connectivity index (χ0n) is 12.1. The molecule has 0 saturated heterocycles. The lowest BCUT2D eigenvalue weighted by Crippen LogP contribution is -2.39. The molecule has 1 aliphatic carbocycles. The van der Waals surface area contributed by atoms with Crippen molar-refractivity contribution in [1.82, 2.24) is 5.32 Å². The Morgan fingerprint density at radius 3 is 2.55 bits per heavy atom. The molecule has 1 unspecified atom stereocenters. The second-order valence-electron chi connectivity index (χ2n) is 5.83. The molecule has 0 bridgehead atoms. The molecule has 2 heteroatoms. The van der Waals surface area contributed by atoms with Crippen molar-refractivity contribution < 1.29 is 4.42 Å². The molecule has 1 aromatic heterocycles. The highest BCUT2D eigenvalue weighted by molar-refractivity contribution is 5.33. The van der Waals surface area contributed by atoms with Gasteiger partial charge in [-0.1, -0.05) is 31.2 Å². The van der Waals surface area contributed by atoms with E-state index in [1.54, 1.807) is 6.26 Å². The van der Waals surface area contributed by atoms with Crippen molar-refractivity contribution in [3.8, 4) is 0 Å². The third-order valence-corrected chi connectivity index (χ3v) is 4.34. The van der Waals surface area contributed by atoms with Crippen LogP contribution in [0.2, 0.25) is 0 Å². The molecule has 20 heavy (non-hydrogen) atoms. The monoisotopic (exact) mass is 269 g/mol. The highest BCUT2D eigenvalue weighted by Gasteiger charge is 2.28. The maximum atomic E-state index is 5.22. The summed E-state index contributed by atoms with van der Waals surface area (Å²) in [6.45, 7) is 3.32. The number of hydrogen-bond acceptors (Lipinski definition) is 2. The molecule has 0 aliphatic heterocycles. The fourth-order valence-corrected chi connectivity index (χ4v) is 3.28. The molecule has 2 aromatic rings. The molecule has 3 rings (SSSR count). The van der Waals surface area contributed by atoms with E-state index in [1.807, 2.05) is 6.26 Å². The first kappa shape index (κ1) is 13.4. The van der Waals surface area contributed by atoms with Crippen molar-refractivity contribution in [2.24, 2.45) is 5.92 Å². The van der Waals surface area contributed by atoms with E-state index in [4.69, 9.17) is 4.42 Å². The van der Waals surface area contributed by atoms with Gasteiger partial charge in [0.2, 0.25) is 0 Å². The molecule has 0 fully saturated rings. The Balaban J connectivity index is 1.70. The van der Waals surface area contributed by atoms with Gasteiger partial charge in [-0.2, -0.15) is 0 Å². The van der Waals surface area contributed by atoms with Gasteiger partial charge in [-0.15, -0.1) is 0 Å². The number of furan rings is 1. The van der Waals surface area contributed by atoms with Gasteiger partial charge < -0.3 is 9.73 Å².